The van der Waals surface area contributed by atoms with E-state index in [1.807, 2.05) is 0 Å². The third-order valence-electron chi connectivity index (χ3n) is 3.93. The van der Waals surface area contributed by atoms with Crippen LogP contribution in [-0.2, 0) is 17.7 Å². The van der Waals surface area contributed by atoms with Gasteiger partial charge in [0.25, 0.3) is 11.6 Å². The van der Waals surface area contributed by atoms with Crippen molar-refractivity contribution >= 4 is 35.9 Å². The second-order valence-corrected chi connectivity index (χ2v) is 5.54. The second kappa shape index (κ2) is 8.60. The molecule has 3 rings (SSSR count). The van der Waals surface area contributed by atoms with Gasteiger partial charge >= 0.3 is 6.09 Å². The number of anilines is 1. The Kier molecular flexibility index (Phi) is 6.48. The number of nitrogens with one attached hydrogen (secondary N) is 2. The van der Waals surface area contributed by atoms with Gasteiger partial charge in [0, 0.05) is 31.1 Å². The minimum absolute atomic E-state index is 0. The summed E-state index contributed by atoms with van der Waals surface area (Å²) in [7, 11) is 0. The Morgan fingerprint density at radius 2 is 2.15 bits per heavy atom. The smallest absolute Gasteiger partial charge is 0.436 e. The topological polar surface area (TPSA) is 128 Å². The molecule has 10 nitrogen and oxygen atoms in total. The molecule has 0 fully saturated rings. The molecule has 2 N–H and O–H groups in total. The Labute approximate surface area is 160 Å². The molecule has 0 bridgehead atoms. The Morgan fingerprint density at radius 3 is 2.85 bits per heavy atom. The van der Waals surface area contributed by atoms with Crippen LogP contribution in [0, 0.1) is 10.1 Å². The number of nitro benzene ring substituents is 1. The van der Waals surface area contributed by atoms with Crippen molar-refractivity contribution in [1.29, 1.82) is 0 Å². The van der Waals surface area contributed by atoms with Crippen LogP contribution in [0.4, 0.5) is 16.3 Å². The first-order chi connectivity index (χ1) is 12.5. The zero-order valence-corrected chi connectivity index (χ0v) is 15.2. The van der Waals surface area contributed by atoms with Crippen molar-refractivity contribution in [2.24, 2.45) is 0 Å². The number of rotatable bonds is 4. The van der Waals surface area contributed by atoms with Gasteiger partial charge in [0.1, 0.15) is 11.4 Å². The SMILES string of the molecule is CCOC(=O)n1nc2c(c1NC(=O)c1ccccc1[N+](=O)[O-])CNCC2.Cl. The number of carbonyl (C=O) groups is 2. The molecule has 2 heterocycles. The molecule has 0 saturated carbocycles. The number of fused-ring (bicyclic) bond motifs is 1. The first-order valence-corrected chi connectivity index (χ1v) is 8.06. The lowest BCUT2D eigenvalue weighted by molar-refractivity contribution is -0.385. The number of aromatic nitrogens is 2. The predicted molar refractivity (Wildman–Crippen MR) is 98.4 cm³/mol. The van der Waals surface area contributed by atoms with Gasteiger partial charge in [-0.25, -0.2) is 4.79 Å². The van der Waals surface area contributed by atoms with Crippen LogP contribution in [0.3, 0.4) is 0 Å². The first kappa shape index (κ1) is 20.3. The van der Waals surface area contributed by atoms with Crippen molar-refractivity contribution in [3.05, 3.63) is 51.2 Å². The Morgan fingerprint density at radius 1 is 1.41 bits per heavy atom. The summed E-state index contributed by atoms with van der Waals surface area (Å²) in [5.74, 6) is -0.537. The molecule has 0 radical (unpaired) electrons. The molecule has 11 heteroatoms. The number of ether oxygens (including phenoxy) is 1. The van der Waals surface area contributed by atoms with Crippen LogP contribution in [-0.4, -0.2) is 39.9 Å². The van der Waals surface area contributed by atoms with E-state index in [0.29, 0.717) is 30.8 Å². The molecule has 0 saturated heterocycles. The highest BCUT2D eigenvalue weighted by molar-refractivity contribution is 6.07. The molecule has 0 aliphatic carbocycles. The third kappa shape index (κ3) is 4.07. The zero-order chi connectivity index (χ0) is 18.7. The van der Waals surface area contributed by atoms with E-state index in [4.69, 9.17) is 4.74 Å². The van der Waals surface area contributed by atoms with Gasteiger partial charge in [-0.3, -0.25) is 14.9 Å². The molecule has 1 aliphatic rings. The highest BCUT2D eigenvalue weighted by Gasteiger charge is 2.27. The van der Waals surface area contributed by atoms with Crippen LogP contribution >= 0.6 is 12.4 Å². The highest BCUT2D eigenvalue weighted by atomic mass is 35.5. The molecule has 1 aliphatic heterocycles. The summed E-state index contributed by atoms with van der Waals surface area (Å²) in [6.45, 7) is 2.93. The molecule has 0 atom stereocenters. The van der Waals surface area contributed by atoms with E-state index < -0.39 is 16.9 Å². The van der Waals surface area contributed by atoms with Crippen LogP contribution in [0.1, 0.15) is 28.5 Å². The number of carbonyl (C=O) groups excluding carboxylic acids is 2. The van der Waals surface area contributed by atoms with Gasteiger partial charge in [0.2, 0.25) is 0 Å². The van der Waals surface area contributed by atoms with Crippen molar-refractivity contribution in [2.45, 2.75) is 19.9 Å². The maximum absolute atomic E-state index is 12.6. The summed E-state index contributed by atoms with van der Waals surface area (Å²) in [6, 6.07) is 5.60. The van der Waals surface area contributed by atoms with Gasteiger partial charge < -0.3 is 15.4 Å². The molecule has 2 aromatic rings. The van der Waals surface area contributed by atoms with Crippen molar-refractivity contribution in [3.63, 3.8) is 0 Å². The number of halogens is 1. The molecule has 144 valence electrons. The fourth-order valence-electron chi connectivity index (χ4n) is 2.75. The number of hydrogen-bond donors (Lipinski definition) is 2. The number of benzene rings is 1. The van der Waals surface area contributed by atoms with Crippen molar-refractivity contribution in [1.82, 2.24) is 15.1 Å². The number of nitrogens with zero attached hydrogens (tertiary/aromatic N) is 3. The van der Waals surface area contributed by atoms with E-state index in [9.17, 15) is 19.7 Å². The van der Waals surface area contributed by atoms with E-state index in [-0.39, 0.29) is 36.1 Å². The monoisotopic (exact) mass is 395 g/mol. The number of hydrogen-bond acceptors (Lipinski definition) is 7. The average Bonchev–Trinajstić information content (AvgIpc) is 3.00. The second-order valence-electron chi connectivity index (χ2n) is 5.54. The summed E-state index contributed by atoms with van der Waals surface area (Å²) < 4.78 is 5.97. The molecule has 1 aromatic carbocycles. The summed E-state index contributed by atoms with van der Waals surface area (Å²) in [5.41, 5.74) is 0.914. The van der Waals surface area contributed by atoms with Gasteiger partial charge in [0.15, 0.2) is 0 Å². The van der Waals surface area contributed by atoms with Crippen molar-refractivity contribution in [3.8, 4) is 0 Å². The fraction of sp³-hybridized carbons (Fsp3) is 0.312. The lowest BCUT2D eigenvalue weighted by atomic mass is 10.1. The van der Waals surface area contributed by atoms with Crippen LogP contribution in [0.25, 0.3) is 0 Å². The maximum atomic E-state index is 12.6. The van der Waals surface area contributed by atoms with Crippen LogP contribution in [0.5, 0.6) is 0 Å². The molecular weight excluding hydrogens is 378 g/mol. The first-order valence-electron chi connectivity index (χ1n) is 8.06. The summed E-state index contributed by atoms with van der Waals surface area (Å²) in [5, 5.41) is 21.1. The van der Waals surface area contributed by atoms with Gasteiger partial charge in [0.05, 0.1) is 17.2 Å². The summed E-state index contributed by atoms with van der Waals surface area (Å²) >= 11 is 0. The standard InChI is InChI=1S/C16H17N5O5.ClH/c1-2-26-16(23)20-14(11-9-17-8-7-12(11)19-20)18-15(22)10-5-3-4-6-13(10)21(24)25;/h3-6,17H,2,7-9H2,1H3,(H,18,22);1H. The number of amides is 1. The Hall–Kier alpha value is -2.98. The molecule has 1 amide bonds. The highest BCUT2D eigenvalue weighted by Crippen LogP contribution is 2.25. The van der Waals surface area contributed by atoms with Gasteiger partial charge in [-0.15, -0.1) is 17.1 Å². The van der Waals surface area contributed by atoms with E-state index in [2.05, 4.69) is 15.7 Å². The van der Waals surface area contributed by atoms with E-state index in [0.717, 1.165) is 4.68 Å². The Balaban J connectivity index is 0.00000261. The summed E-state index contributed by atoms with van der Waals surface area (Å²) in [6.07, 6.45) is -0.129. The molecule has 0 spiro atoms. The Bertz CT molecular complexity index is 882. The predicted octanol–water partition coefficient (Wildman–Crippen LogP) is 2.12. The molecule has 0 unspecified atom stereocenters. The largest absolute Gasteiger partial charge is 0.448 e. The van der Waals surface area contributed by atoms with Gasteiger partial charge in [-0.1, -0.05) is 12.1 Å². The van der Waals surface area contributed by atoms with Crippen LogP contribution < -0.4 is 10.6 Å². The number of nitro groups is 1. The minimum atomic E-state index is -0.722. The van der Waals surface area contributed by atoms with Gasteiger partial charge in [-0.05, 0) is 13.0 Å². The van der Waals surface area contributed by atoms with Crippen LogP contribution in [0.2, 0.25) is 0 Å². The van der Waals surface area contributed by atoms with E-state index in [1.165, 1.54) is 24.3 Å². The molecule has 1 aromatic heterocycles. The fourth-order valence-corrected chi connectivity index (χ4v) is 2.75. The lowest BCUT2D eigenvalue weighted by Gasteiger charge is -2.13. The van der Waals surface area contributed by atoms with Crippen LogP contribution in [0.15, 0.2) is 24.3 Å². The van der Waals surface area contributed by atoms with E-state index >= 15 is 0 Å². The quantitative estimate of drug-likeness (QED) is 0.599. The summed E-state index contributed by atoms with van der Waals surface area (Å²) in [4.78, 5) is 35.3. The average molecular weight is 396 g/mol. The van der Waals surface area contributed by atoms with Gasteiger partial charge in [-0.2, -0.15) is 5.10 Å². The minimum Gasteiger partial charge on any atom is -0.448 e. The van der Waals surface area contributed by atoms with Crippen molar-refractivity contribution in [2.75, 3.05) is 18.5 Å². The normalized spacial score (nSPS) is 12.5. The number of para-hydroxylation sites is 1. The molecular formula is C16H18ClN5O5. The maximum Gasteiger partial charge on any atom is 0.436 e. The lowest BCUT2D eigenvalue weighted by Crippen LogP contribution is -2.25. The van der Waals surface area contributed by atoms with Crippen molar-refractivity contribution < 1.29 is 19.2 Å². The third-order valence-corrected chi connectivity index (χ3v) is 3.93. The van der Waals surface area contributed by atoms with E-state index in [1.54, 1.807) is 6.92 Å². The molecule has 27 heavy (non-hydrogen) atoms. The zero-order valence-electron chi connectivity index (χ0n) is 14.4.